The van der Waals surface area contributed by atoms with Gasteiger partial charge in [0.25, 0.3) is 0 Å². The molecule has 1 amide bonds. The van der Waals surface area contributed by atoms with Gasteiger partial charge in [-0.15, -0.1) is 6.58 Å². The summed E-state index contributed by atoms with van der Waals surface area (Å²) < 4.78 is 26.9. The van der Waals surface area contributed by atoms with Crippen LogP contribution in [0, 0.1) is 11.9 Å². The number of aliphatic carboxylic acids is 1. The zero-order valence-corrected chi connectivity index (χ0v) is 12.3. The first-order valence-corrected chi connectivity index (χ1v) is 7.09. The van der Waals surface area contributed by atoms with Crippen molar-refractivity contribution in [2.45, 2.75) is 31.3 Å². The van der Waals surface area contributed by atoms with Gasteiger partial charge in [-0.1, -0.05) is 12.2 Å². The number of amides is 1. The Morgan fingerprint density at radius 1 is 1.39 bits per heavy atom. The minimum Gasteiger partial charge on any atom is -0.478 e. The minimum atomic E-state index is -1.13. The minimum absolute atomic E-state index is 0.0458. The Morgan fingerprint density at radius 2 is 2.13 bits per heavy atom. The molecule has 0 unspecified atom stereocenters. The van der Waals surface area contributed by atoms with Gasteiger partial charge in [-0.05, 0) is 25.0 Å². The fourth-order valence-corrected chi connectivity index (χ4v) is 2.78. The molecule has 0 saturated carbocycles. The zero-order chi connectivity index (χ0) is 17.0. The maximum Gasteiger partial charge on any atom is 0.328 e. The van der Waals surface area contributed by atoms with Gasteiger partial charge in [-0.2, -0.15) is 13.8 Å². The second-order valence-electron chi connectivity index (χ2n) is 5.17. The Balaban J connectivity index is 2.35. The summed E-state index contributed by atoms with van der Waals surface area (Å²) >= 11 is 0. The fourth-order valence-electron chi connectivity index (χ4n) is 2.78. The SMILES string of the molecule is C=CCC(=O)N1[C@@H](/C=C/C(=O)O)CC[C@H]1c1ccc(F)nc1F. The van der Waals surface area contributed by atoms with Crippen LogP contribution in [0.3, 0.4) is 0 Å². The molecule has 1 saturated heterocycles. The summed E-state index contributed by atoms with van der Waals surface area (Å²) in [5.74, 6) is -3.32. The van der Waals surface area contributed by atoms with Crippen molar-refractivity contribution in [2.24, 2.45) is 0 Å². The average Bonchev–Trinajstić information content (AvgIpc) is 2.89. The Bertz CT molecular complexity index is 661. The molecular formula is C16H16F2N2O3. The highest BCUT2D eigenvalue weighted by Crippen LogP contribution is 2.38. The number of carbonyl (C=O) groups is 2. The van der Waals surface area contributed by atoms with E-state index in [9.17, 15) is 18.4 Å². The molecule has 0 aromatic carbocycles. The summed E-state index contributed by atoms with van der Waals surface area (Å²) in [6, 6.07) is 1.22. The first-order valence-electron chi connectivity index (χ1n) is 7.09. The van der Waals surface area contributed by atoms with Gasteiger partial charge in [0.15, 0.2) is 0 Å². The number of likely N-dealkylation sites (tertiary alicyclic amines) is 1. The maximum absolute atomic E-state index is 13.9. The van der Waals surface area contributed by atoms with Crippen LogP contribution in [0.1, 0.15) is 30.9 Å². The molecule has 0 radical (unpaired) electrons. The second-order valence-corrected chi connectivity index (χ2v) is 5.17. The smallest absolute Gasteiger partial charge is 0.328 e. The standard InChI is InChI=1S/C16H16F2N2O3/c1-2-3-14(21)20-10(5-9-15(22)23)4-7-12(20)11-6-8-13(17)19-16(11)18/h2,5-6,8-10,12H,1,3-4,7H2,(H,22,23)/b9-5+/t10-,12+/m1/s1. The van der Waals surface area contributed by atoms with E-state index in [1.165, 1.54) is 23.1 Å². The van der Waals surface area contributed by atoms with Crippen molar-refractivity contribution in [3.05, 3.63) is 54.4 Å². The lowest BCUT2D eigenvalue weighted by Gasteiger charge is -2.29. The van der Waals surface area contributed by atoms with Crippen molar-refractivity contribution in [2.75, 3.05) is 0 Å². The molecule has 1 aliphatic rings. The molecule has 1 aliphatic heterocycles. The third kappa shape index (κ3) is 3.80. The van der Waals surface area contributed by atoms with Crippen molar-refractivity contribution in [1.82, 2.24) is 9.88 Å². The second kappa shape index (κ2) is 7.13. The van der Waals surface area contributed by atoms with Crippen molar-refractivity contribution in [3.63, 3.8) is 0 Å². The Kier molecular flexibility index (Phi) is 5.20. The number of halogens is 2. The third-order valence-electron chi connectivity index (χ3n) is 3.70. The molecule has 23 heavy (non-hydrogen) atoms. The van der Waals surface area contributed by atoms with Gasteiger partial charge in [-0.25, -0.2) is 4.79 Å². The number of carbonyl (C=O) groups excluding carboxylic acids is 1. The Labute approximate surface area is 131 Å². The first kappa shape index (κ1) is 16.8. The summed E-state index contributed by atoms with van der Waals surface area (Å²) in [4.78, 5) is 27.6. The van der Waals surface area contributed by atoms with Gasteiger partial charge in [0.05, 0.1) is 12.1 Å². The normalized spacial score (nSPS) is 20.9. The molecule has 5 nitrogen and oxygen atoms in total. The highest BCUT2D eigenvalue weighted by atomic mass is 19.1. The van der Waals surface area contributed by atoms with Crippen LogP contribution in [-0.2, 0) is 9.59 Å². The number of hydrogen-bond acceptors (Lipinski definition) is 3. The van der Waals surface area contributed by atoms with Crippen molar-refractivity contribution < 1.29 is 23.5 Å². The van der Waals surface area contributed by atoms with Gasteiger partial charge in [0.1, 0.15) is 0 Å². The fraction of sp³-hybridized carbons (Fsp3) is 0.312. The molecule has 122 valence electrons. The summed E-state index contributed by atoms with van der Waals surface area (Å²) in [5.41, 5.74) is 0.120. The van der Waals surface area contributed by atoms with E-state index in [1.807, 2.05) is 0 Å². The average molecular weight is 322 g/mol. The van der Waals surface area contributed by atoms with Crippen LogP contribution in [0.15, 0.2) is 36.9 Å². The van der Waals surface area contributed by atoms with E-state index in [1.54, 1.807) is 0 Å². The monoisotopic (exact) mass is 322 g/mol. The number of hydrogen-bond donors (Lipinski definition) is 1. The molecule has 2 rings (SSSR count). The van der Waals surface area contributed by atoms with Gasteiger partial charge in [0, 0.05) is 18.1 Å². The largest absolute Gasteiger partial charge is 0.478 e. The zero-order valence-electron chi connectivity index (χ0n) is 12.3. The first-order chi connectivity index (χ1) is 10.9. The molecule has 0 aliphatic carbocycles. The van der Waals surface area contributed by atoms with Crippen LogP contribution in [0.4, 0.5) is 8.78 Å². The third-order valence-corrected chi connectivity index (χ3v) is 3.70. The van der Waals surface area contributed by atoms with E-state index in [4.69, 9.17) is 5.11 Å². The summed E-state index contributed by atoms with van der Waals surface area (Å²) in [5, 5.41) is 8.74. The maximum atomic E-state index is 13.9. The highest BCUT2D eigenvalue weighted by Gasteiger charge is 2.37. The number of nitrogens with zero attached hydrogens (tertiary/aromatic N) is 2. The molecule has 1 N–H and O–H groups in total. The summed E-state index contributed by atoms with van der Waals surface area (Å²) in [7, 11) is 0. The predicted molar refractivity (Wildman–Crippen MR) is 78.4 cm³/mol. The van der Waals surface area contributed by atoms with E-state index < -0.39 is 29.9 Å². The topological polar surface area (TPSA) is 70.5 Å². The lowest BCUT2D eigenvalue weighted by atomic mass is 10.1. The van der Waals surface area contributed by atoms with Crippen LogP contribution in [-0.4, -0.2) is 32.9 Å². The molecule has 0 bridgehead atoms. The van der Waals surface area contributed by atoms with Crippen molar-refractivity contribution in [3.8, 4) is 0 Å². The molecule has 2 atom stereocenters. The molecule has 1 aromatic rings. The van der Waals surface area contributed by atoms with E-state index in [-0.39, 0.29) is 17.9 Å². The van der Waals surface area contributed by atoms with Crippen molar-refractivity contribution in [1.29, 1.82) is 0 Å². The quantitative estimate of drug-likeness (QED) is 0.514. The number of carboxylic acids is 1. The lowest BCUT2D eigenvalue weighted by molar-refractivity contribution is -0.133. The van der Waals surface area contributed by atoms with Gasteiger partial charge >= 0.3 is 5.97 Å². The molecule has 1 fully saturated rings. The highest BCUT2D eigenvalue weighted by molar-refractivity contribution is 5.81. The summed E-state index contributed by atoms with van der Waals surface area (Å²) in [6.45, 7) is 3.50. The number of aromatic nitrogens is 1. The van der Waals surface area contributed by atoms with Crippen LogP contribution >= 0.6 is 0 Å². The number of pyridine rings is 1. The van der Waals surface area contributed by atoms with Crippen LogP contribution in [0.5, 0.6) is 0 Å². The van der Waals surface area contributed by atoms with E-state index in [2.05, 4.69) is 11.6 Å². The Morgan fingerprint density at radius 3 is 2.74 bits per heavy atom. The molecule has 1 aromatic heterocycles. The van der Waals surface area contributed by atoms with E-state index in [0.29, 0.717) is 12.8 Å². The van der Waals surface area contributed by atoms with E-state index in [0.717, 1.165) is 12.1 Å². The van der Waals surface area contributed by atoms with Crippen LogP contribution < -0.4 is 0 Å². The van der Waals surface area contributed by atoms with Crippen molar-refractivity contribution >= 4 is 11.9 Å². The van der Waals surface area contributed by atoms with E-state index >= 15 is 0 Å². The molecule has 2 heterocycles. The molecule has 0 spiro atoms. The predicted octanol–water partition coefficient (Wildman–Crippen LogP) is 2.61. The van der Waals surface area contributed by atoms with Gasteiger partial charge in [0.2, 0.25) is 17.8 Å². The number of rotatable bonds is 5. The Hall–Kier alpha value is -2.57. The number of carboxylic acid groups (broad SMARTS) is 1. The van der Waals surface area contributed by atoms with Gasteiger partial charge in [-0.3, -0.25) is 4.79 Å². The molecular weight excluding hydrogens is 306 g/mol. The lowest BCUT2D eigenvalue weighted by Crippen LogP contribution is -2.36. The summed E-state index contributed by atoms with van der Waals surface area (Å²) in [6.07, 6.45) is 4.74. The van der Waals surface area contributed by atoms with Crippen LogP contribution in [0.2, 0.25) is 0 Å². The van der Waals surface area contributed by atoms with Gasteiger partial charge < -0.3 is 10.0 Å². The molecule has 7 heteroatoms. The van der Waals surface area contributed by atoms with Crippen LogP contribution in [0.25, 0.3) is 0 Å².